The van der Waals surface area contributed by atoms with Crippen LogP contribution in [0.4, 0.5) is 0 Å². The molecule has 2 heteroatoms. The molecule has 1 aliphatic rings. The molecule has 0 aromatic heterocycles. The Balaban J connectivity index is 1.93. The third-order valence-electron chi connectivity index (χ3n) is 4.00. The Bertz CT molecular complexity index is 371. The Kier molecular flexibility index (Phi) is 4.41. The second kappa shape index (κ2) is 5.85. The lowest BCUT2D eigenvalue weighted by Crippen LogP contribution is -2.41. The molecule has 0 radical (unpaired) electrons. The van der Waals surface area contributed by atoms with Crippen LogP contribution in [0.5, 0.6) is 0 Å². The van der Waals surface area contributed by atoms with Gasteiger partial charge in [-0.2, -0.15) is 0 Å². The Morgan fingerprint density at radius 1 is 1.28 bits per heavy atom. The van der Waals surface area contributed by atoms with Gasteiger partial charge >= 0.3 is 0 Å². The average Bonchev–Trinajstić information content (AvgIpc) is 2.34. The van der Waals surface area contributed by atoms with Gasteiger partial charge in [-0.05, 0) is 29.4 Å². The lowest BCUT2D eigenvalue weighted by molar-refractivity contribution is 0.0320. The molecule has 0 amide bonds. The molecule has 1 N–H and O–H groups in total. The van der Waals surface area contributed by atoms with Gasteiger partial charge in [-0.1, -0.05) is 45.0 Å². The normalized spacial score (nSPS) is 25.6. The monoisotopic (exact) mass is 247 g/mol. The number of rotatable bonds is 3. The minimum Gasteiger partial charge on any atom is -0.393 e. The molecule has 2 rings (SSSR count). The van der Waals surface area contributed by atoms with Crippen molar-refractivity contribution in [1.82, 2.24) is 4.90 Å². The molecule has 2 atom stereocenters. The van der Waals surface area contributed by atoms with Crippen molar-refractivity contribution < 1.29 is 5.11 Å². The van der Waals surface area contributed by atoms with Crippen molar-refractivity contribution in [2.45, 2.75) is 45.8 Å². The summed E-state index contributed by atoms with van der Waals surface area (Å²) >= 11 is 0. The van der Waals surface area contributed by atoms with E-state index < -0.39 is 0 Å². The topological polar surface area (TPSA) is 23.5 Å². The quantitative estimate of drug-likeness (QED) is 0.887. The van der Waals surface area contributed by atoms with Crippen molar-refractivity contribution in [3.8, 4) is 0 Å². The van der Waals surface area contributed by atoms with Crippen LogP contribution in [0.2, 0.25) is 0 Å². The molecule has 1 aliphatic heterocycles. The second-order valence-electron chi connectivity index (χ2n) is 5.96. The minimum absolute atomic E-state index is 0.107. The van der Waals surface area contributed by atoms with Crippen molar-refractivity contribution >= 4 is 0 Å². The molecule has 1 heterocycles. The first-order valence-electron chi connectivity index (χ1n) is 7.05. The second-order valence-corrected chi connectivity index (χ2v) is 5.96. The van der Waals surface area contributed by atoms with Crippen molar-refractivity contribution in [2.24, 2.45) is 5.92 Å². The maximum atomic E-state index is 9.73. The molecule has 1 aromatic rings. The van der Waals surface area contributed by atoms with Gasteiger partial charge in [-0.15, -0.1) is 0 Å². The largest absolute Gasteiger partial charge is 0.393 e. The van der Waals surface area contributed by atoms with Crippen LogP contribution in [0.15, 0.2) is 24.3 Å². The summed E-state index contributed by atoms with van der Waals surface area (Å²) in [5, 5.41) is 9.73. The molecule has 1 aromatic carbocycles. The fourth-order valence-electron chi connectivity index (χ4n) is 2.63. The SMILES string of the molecule is CC(C)c1ccc(CN2CCC(O)C(C)C2)cc1. The molecule has 0 saturated carbocycles. The molecule has 2 unspecified atom stereocenters. The van der Waals surface area contributed by atoms with E-state index in [-0.39, 0.29) is 6.10 Å². The van der Waals surface area contributed by atoms with E-state index in [0.717, 1.165) is 26.1 Å². The number of likely N-dealkylation sites (tertiary alicyclic amines) is 1. The van der Waals surface area contributed by atoms with E-state index in [2.05, 4.69) is 49.9 Å². The third kappa shape index (κ3) is 3.33. The van der Waals surface area contributed by atoms with Crippen molar-refractivity contribution in [1.29, 1.82) is 0 Å². The van der Waals surface area contributed by atoms with Gasteiger partial charge in [0, 0.05) is 19.6 Å². The van der Waals surface area contributed by atoms with Crippen LogP contribution < -0.4 is 0 Å². The van der Waals surface area contributed by atoms with Crippen molar-refractivity contribution in [3.05, 3.63) is 35.4 Å². The third-order valence-corrected chi connectivity index (χ3v) is 4.00. The summed E-state index contributed by atoms with van der Waals surface area (Å²) in [6, 6.07) is 8.96. The lowest BCUT2D eigenvalue weighted by atomic mass is 9.96. The first-order valence-corrected chi connectivity index (χ1v) is 7.05. The summed E-state index contributed by atoms with van der Waals surface area (Å²) < 4.78 is 0. The van der Waals surface area contributed by atoms with Crippen molar-refractivity contribution in [2.75, 3.05) is 13.1 Å². The summed E-state index contributed by atoms with van der Waals surface area (Å²) in [5.41, 5.74) is 2.78. The maximum absolute atomic E-state index is 9.73. The van der Waals surface area contributed by atoms with E-state index >= 15 is 0 Å². The van der Waals surface area contributed by atoms with Crippen LogP contribution in [0.25, 0.3) is 0 Å². The van der Waals surface area contributed by atoms with E-state index in [1.165, 1.54) is 11.1 Å². The first-order chi connectivity index (χ1) is 8.56. The molecule has 100 valence electrons. The zero-order valence-corrected chi connectivity index (χ0v) is 11.8. The van der Waals surface area contributed by atoms with Gasteiger partial charge in [0.05, 0.1) is 6.10 Å². The van der Waals surface area contributed by atoms with Crippen LogP contribution in [-0.4, -0.2) is 29.2 Å². The highest BCUT2D eigenvalue weighted by Crippen LogP contribution is 2.20. The summed E-state index contributed by atoms with van der Waals surface area (Å²) in [4.78, 5) is 2.45. The molecule has 0 bridgehead atoms. The van der Waals surface area contributed by atoms with E-state index in [1.54, 1.807) is 0 Å². The Labute approximate surface area is 111 Å². The molecule has 18 heavy (non-hydrogen) atoms. The highest BCUT2D eigenvalue weighted by atomic mass is 16.3. The van der Waals surface area contributed by atoms with Crippen LogP contribution >= 0.6 is 0 Å². The van der Waals surface area contributed by atoms with E-state index in [1.807, 2.05) is 0 Å². The minimum atomic E-state index is -0.107. The number of aliphatic hydroxyl groups is 1. The number of piperidine rings is 1. The van der Waals surface area contributed by atoms with E-state index in [0.29, 0.717) is 11.8 Å². The molecule has 0 aliphatic carbocycles. The number of hydrogen-bond acceptors (Lipinski definition) is 2. The average molecular weight is 247 g/mol. The van der Waals surface area contributed by atoms with Gasteiger partial charge < -0.3 is 5.11 Å². The summed E-state index contributed by atoms with van der Waals surface area (Å²) in [5.74, 6) is 0.998. The van der Waals surface area contributed by atoms with Crippen molar-refractivity contribution in [3.63, 3.8) is 0 Å². The highest BCUT2D eigenvalue weighted by molar-refractivity contribution is 5.24. The number of hydrogen-bond donors (Lipinski definition) is 1. The van der Waals surface area contributed by atoms with Crippen LogP contribution in [0.3, 0.4) is 0 Å². The van der Waals surface area contributed by atoms with Gasteiger partial charge in [-0.25, -0.2) is 0 Å². The number of nitrogens with zero attached hydrogens (tertiary/aromatic N) is 1. The molecule has 0 spiro atoms. The van der Waals surface area contributed by atoms with E-state index in [9.17, 15) is 5.11 Å². The predicted octanol–water partition coefficient (Wildman–Crippen LogP) is 3.01. The molecule has 1 saturated heterocycles. The smallest absolute Gasteiger partial charge is 0.0590 e. The number of aliphatic hydroxyl groups excluding tert-OH is 1. The molecule has 1 fully saturated rings. The maximum Gasteiger partial charge on any atom is 0.0590 e. The summed E-state index contributed by atoms with van der Waals surface area (Å²) in [6.45, 7) is 9.62. The zero-order valence-electron chi connectivity index (χ0n) is 11.8. The Hall–Kier alpha value is -0.860. The van der Waals surface area contributed by atoms with Crippen LogP contribution in [-0.2, 0) is 6.54 Å². The Morgan fingerprint density at radius 3 is 2.50 bits per heavy atom. The van der Waals surface area contributed by atoms with Gasteiger partial charge in [0.15, 0.2) is 0 Å². The fourth-order valence-corrected chi connectivity index (χ4v) is 2.63. The fraction of sp³-hybridized carbons (Fsp3) is 0.625. The molecule has 2 nitrogen and oxygen atoms in total. The van der Waals surface area contributed by atoms with Crippen LogP contribution in [0, 0.1) is 5.92 Å². The molecular formula is C16H25NO. The summed E-state index contributed by atoms with van der Waals surface area (Å²) in [7, 11) is 0. The van der Waals surface area contributed by atoms with Gasteiger partial charge in [-0.3, -0.25) is 4.90 Å². The highest BCUT2D eigenvalue weighted by Gasteiger charge is 2.23. The van der Waals surface area contributed by atoms with Gasteiger partial charge in [0.2, 0.25) is 0 Å². The molecular weight excluding hydrogens is 222 g/mol. The van der Waals surface area contributed by atoms with Crippen LogP contribution in [0.1, 0.15) is 44.2 Å². The number of benzene rings is 1. The standard InChI is InChI=1S/C16H25NO/c1-12(2)15-6-4-14(5-7-15)11-17-9-8-16(18)13(3)10-17/h4-7,12-13,16,18H,8-11H2,1-3H3. The zero-order chi connectivity index (χ0) is 13.1. The Morgan fingerprint density at radius 2 is 1.94 bits per heavy atom. The lowest BCUT2D eigenvalue weighted by Gasteiger charge is -2.34. The van der Waals surface area contributed by atoms with E-state index in [4.69, 9.17) is 0 Å². The summed E-state index contributed by atoms with van der Waals surface area (Å²) in [6.07, 6.45) is 0.801. The van der Waals surface area contributed by atoms with Gasteiger partial charge in [0.1, 0.15) is 0 Å². The predicted molar refractivity (Wildman–Crippen MR) is 75.6 cm³/mol. The van der Waals surface area contributed by atoms with Gasteiger partial charge in [0.25, 0.3) is 0 Å². The first kappa shape index (κ1) is 13.6.